The zero-order valence-corrected chi connectivity index (χ0v) is 20.8. The molecule has 0 fully saturated rings. The van der Waals surface area contributed by atoms with Gasteiger partial charge in [-0.3, -0.25) is 19.3 Å². The number of amides is 3. The second-order valence-corrected chi connectivity index (χ2v) is 8.24. The Balaban J connectivity index is 2.17. The minimum Gasteiger partial charge on any atom is -0.497 e. The second-order valence-electron chi connectivity index (χ2n) is 7.47. The van der Waals surface area contributed by atoms with Gasteiger partial charge in [0.1, 0.15) is 22.4 Å². The topological polar surface area (TPSA) is 159 Å². The monoisotopic (exact) mass is 513 g/mol. The maximum Gasteiger partial charge on any atom is 0.273 e. The Labute approximate surface area is 212 Å². The van der Waals surface area contributed by atoms with Gasteiger partial charge < -0.3 is 31.0 Å². The Morgan fingerprint density at radius 1 is 1.00 bits per heavy atom. The minimum absolute atomic E-state index is 0.0252. The summed E-state index contributed by atoms with van der Waals surface area (Å²) < 4.78 is 19.5. The molecule has 0 aliphatic rings. The Morgan fingerprint density at radius 2 is 1.58 bits per heavy atom. The molecule has 0 aliphatic heterocycles. The van der Waals surface area contributed by atoms with Crippen molar-refractivity contribution in [2.75, 3.05) is 45.1 Å². The predicted molar refractivity (Wildman–Crippen MR) is 135 cm³/mol. The highest BCUT2D eigenvalue weighted by Gasteiger charge is 2.36. The van der Waals surface area contributed by atoms with Crippen molar-refractivity contribution in [3.8, 4) is 11.5 Å². The molecule has 1 aromatic heterocycles. The van der Waals surface area contributed by atoms with E-state index in [1.807, 2.05) is 0 Å². The molecule has 0 aliphatic carbocycles. The molecule has 0 saturated carbocycles. The fourth-order valence-corrected chi connectivity index (χ4v) is 4.18. The van der Waals surface area contributed by atoms with Crippen molar-refractivity contribution in [2.24, 2.45) is 5.73 Å². The normalized spacial score (nSPS) is 11.4. The number of nitrogen functional groups attached to an aromatic ring is 1. The molecular formula is C24H27N5O6S. The number of aromatic nitrogens is 1. The van der Waals surface area contributed by atoms with Crippen molar-refractivity contribution in [3.05, 3.63) is 64.7 Å². The van der Waals surface area contributed by atoms with E-state index in [0.29, 0.717) is 22.7 Å². The maximum absolute atomic E-state index is 13.9. The number of primary amides is 1. The van der Waals surface area contributed by atoms with Gasteiger partial charge in [-0.2, -0.15) is 4.37 Å². The lowest BCUT2D eigenvalue weighted by atomic mass is 10.0. The first kappa shape index (κ1) is 26.4. The lowest BCUT2D eigenvalue weighted by Gasteiger charge is -2.31. The smallest absolute Gasteiger partial charge is 0.273 e. The molecule has 36 heavy (non-hydrogen) atoms. The van der Waals surface area contributed by atoms with Crippen LogP contribution < -0.4 is 31.2 Å². The van der Waals surface area contributed by atoms with E-state index in [-0.39, 0.29) is 29.4 Å². The summed E-state index contributed by atoms with van der Waals surface area (Å²) >= 11 is 0.732. The Bertz CT molecular complexity index is 1210. The number of nitrogens with one attached hydrogen (secondary N) is 1. The van der Waals surface area contributed by atoms with Crippen LogP contribution in [0.4, 0.5) is 11.4 Å². The third-order valence-corrected chi connectivity index (χ3v) is 6.12. The fraction of sp³-hybridized carbons (Fsp3) is 0.250. The zero-order valence-electron chi connectivity index (χ0n) is 20.0. The first-order valence-corrected chi connectivity index (χ1v) is 11.5. The molecule has 0 spiro atoms. The molecule has 5 N–H and O–H groups in total. The fourth-order valence-electron chi connectivity index (χ4n) is 3.44. The van der Waals surface area contributed by atoms with Gasteiger partial charge in [-0.05, 0) is 53.5 Å². The molecule has 0 saturated heterocycles. The molecular weight excluding hydrogens is 486 g/mol. The Kier molecular flexibility index (Phi) is 8.81. The van der Waals surface area contributed by atoms with E-state index < -0.39 is 23.8 Å². The number of anilines is 2. The van der Waals surface area contributed by atoms with Gasteiger partial charge >= 0.3 is 0 Å². The van der Waals surface area contributed by atoms with Gasteiger partial charge in [-0.15, -0.1) is 0 Å². The molecule has 0 unspecified atom stereocenters. The number of ether oxygens (including phenoxy) is 3. The van der Waals surface area contributed by atoms with E-state index >= 15 is 0 Å². The van der Waals surface area contributed by atoms with E-state index in [2.05, 4.69) is 9.69 Å². The lowest BCUT2D eigenvalue weighted by Crippen LogP contribution is -2.44. The number of hydrogen-bond donors (Lipinski definition) is 3. The van der Waals surface area contributed by atoms with E-state index in [4.69, 9.17) is 25.7 Å². The summed E-state index contributed by atoms with van der Waals surface area (Å²) in [6.45, 7) is 0.502. The van der Waals surface area contributed by atoms with Gasteiger partial charge in [0.05, 0.1) is 26.5 Å². The molecule has 1 atom stereocenters. The van der Waals surface area contributed by atoms with Crippen LogP contribution in [0.1, 0.15) is 31.8 Å². The third kappa shape index (κ3) is 5.73. The van der Waals surface area contributed by atoms with E-state index in [0.717, 1.165) is 11.5 Å². The SMILES string of the molecule is COCCNC(=O)[C@@H](c1ccc(OC)cc1)N(C(=O)c1snc(C(N)=O)c1N)c1ccc(OC)cc1. The predicted octanol–water partition coefficient (Wildman–Crippen LogP) is 1.99. The van der Waals surface area contributed by atoms with Crippen LogP contribution in [-0.2, 0) is 9.53 Å². The van der Waals surface area contributed by atoms with Gasteiger partial charge in [0.2, 0.25) is 5.91 Å². The summed E-state index contributed by atoms with van der Waals surface area (Å²) in [5.74, 6) is -0.810. The zero-order chi connectivity index (χ0) is 26.2. The van der Waals surface area contributed by atoms with Crippen LogP contribution in [0.3, 0.4) is 0 Å². The second kappa shape index (κ2) is 12.0. The van der Waals surface area contributed by atoms with Crippen molar-refractivity contribution in [1.29, 1.82) is 0 Å². The summed E-state index contributed by atoms with van der Waals surface area (Å²) in [7, 11) is 4.56. The van der Waals surface area contributed by atoms with Gasteiger partial charge in [0.15, 0.2) is 5.69 Å². The van der Waals surface area contributed by atoms with Crippen molar-refractivity contribution in [3.63, 3.8) is 0 Å². The molecule has 1 heterocycles. The molecule has 190 valence electrons. The summed E-state index contributed by atoms with van der Waals surface area (Å²) in [5.41, 5.74) is 11.9. The number of rotatable bonds is 11. The van der Waals surface area contributed by atoms with Gasteiger partial charge in [0.25, 0.3) is 11.8 Å². The van der Waals surface area contributed by atoms with Crippen molar-refractivity contribution < 1.29 is 28.6 Å². The maximum atomic E-state index is 13.9. The van der Waals surface area contributed by atoms with Crippen LogP contribution in [-0.4, -0.2) is 56.6 Å². The van der Waals surface area contributed by atoms with Crippen molar-refractivity contribution in [2.45, 2.75) is 6.04 Å². The summed E-state index contributed by atoms with van der Waals surface area (Å²) in [6.07, 6.45) is 0. The Hall–Kier alpha value is -4.16. The van der Waals surface area contributed by atoms with E-state index in [1.165, 1.54) is 26.2 Å². The summed E-state index contributed by atoms with van der Waals surface area (Å²) in [5, 5.41) is 2.80. The largest absolute Gasteiger partial charge is 0.497 e. The summed E-state index contributed by atoms with van der Waals surface area (Å²) in [4.78, 5) is 40.4. The number of carbonyl (C=O) groups excluding carboxylic acids is 3. The number of hydrogen-bond acceptors (Lipinski definition) is 9. The lowest BCUT2D eigenvalue weighted by molar-refractivity contribution is -0.122. The summed E-state index contributed by atoms with van der Waals surface area (Å²) in [6, 6.07) is 12.2. The first-order chi connectivity index (χ1) is 17.3. The van der Waals surface area contributed by atoms with Crippen LogP contribution in [0.15, 0.2) is 48.5 Å². The number of nitrogens with zero attached hydrogens (tertiary/aromatic N) is 2. The van der Waals surface area contributed by atoms with Crippen LogP contribution in [0.25, 0.3) is 0 Å². The number of methoxy groups -OCH3 is 3. The number of nitrogens with two attached hydrogens (primary N) is 2. The van der Waals surface area contributed by atoms with Crippen LogP contribution in [0.2, 0.25) is 0 Å². The van der Waals surface area contributed by atoms with Crippen LogP contribution in [0.5, 0.6) is 11.5 Å². The first-order valence-electron chi connectivity index (χ1n) is 10.8. The molecule has 3 rings (SSSR count). The van der Waals surface area contributed by atoms with Gasteiger partial charge in [0, 0.05) is 19.3 Å². The number of carbonyl (C=O) groups is 3. The highest BCUT2D eigenvalue weighted by Crippen LogP contribution is 2.34. The molecule has 0 radical (unpaired) electrons. The van der Waals surface area contributed by atoms with Crippen molar-refractivity contribution >= 4 is 40.6 Å². The third-order valence-electron chi connectivity index (χ3n) is 5.27. The quantitative estimate of drug-likeness (QED) is 0.328. The highest BCUT2D eigenvalue weighted by molar-refractivity contribution is 7.09. The van der Waals surface area contributed by atoms with Gasteiger partial charge in [-0.1, -0.05) is 12.1 Å². The van der Waals surface area contributed by atoms with Crippen LogP contribution in [0, 0.1) is 0 Å². The average Bonchev–Trinajstić information content (AvgIpc) is 3.28. The molecule has 11 nitrogen and oxygen atoms in total. The van der Waals surface area contributed by atoms with E-state index in [1.54, 1.807) is 48.5 Å². The average molecular weight is 514 g/mol. The molecule has 12 heteroatoms. The van der Waals surface area contributed by atoms with Crippen LogP contribution >= 0.6 is 11.5 Å². The molecule has 3 aromatic rings. The minimum atomic E-state index is -1.12. The van der Waals surface area contributed by atoms with E-state index in [9.17, 15) is 14.4 Å². The number of benzene rings is 2. The molecule has 2 aromatic carbocycles. The van der Waals surface area contributed by atoms with Crippen molar-refractivity contribution in [1.82, 2.24) is 9.69 Å². The van der Waals surface area contributed by atoms with Gasteiger partial charge in [-0.25, -0.2) is 0 Å². The highest BCUT2D eigenvalue weighted by atomic mass is 32.1. The Morgan fingerprint density at radius 3 is 2.08 bits per heavy atom. The molecule has 0 bridgehead atoms. The standard InChI is InChI=1S/C24H27N5O6S/c1-33-13-12-27-23(31)20(14-4-8-16(34-2)9-5-14)29(15-6-10-17(35-3)11-7-15)24(32)21-18(25)19(22(26)30)28-36-21/h4-11,20H,12-13,25H2,1-3H3,(H2,26,30)(H,27,31)/t20-/m1/s1. The molecule has 3 amide bonds.